The van der Waals surface area contributed by atoms with Crippen molar-refractivity contribution in [3.63, 3.8) is 0 Å². The second-order valence-electron chi connectivity index (χ2n) is 2.33. The van der Waals surface area contributed by atoms with E-state index in [0.717, 1.165) is 5.75 Å². The topological polar surface area (TPSA) is 44.5 Å². The minimum Gasteiger partial charge on any atom is -0.467 e. The number of anilines is 1. The molecule has 0 radical (unpaired) electrons. The molecule has 0 aliphatic rings. The number of ether oxygens (including phenoxy) is 2. The standard InChI is InChI=1S/C9H13NO2/c1-2-11-7-12-9-5-3-4-8(10)6-9/h3-6H,2,7,10H2,1H3. The Hall–Kier alpha value is -1.22. The molecule has 0 fully saturated rings. The Kier molecular flexibility index (Phi) is 3.41. The van der Waals surface area contributed by atoms with E-state index in [1.807, 2.05) is 25.1 Å². The lowest BCUT2D eigenvalue weighted by atomic mass is 10.3. The predicted molar refractivity (Wildman–Crippen MR) is 48.0 cm³/mol. The van der Waals surface area contributed by atoms with Gasteiger partial charge in [0.05, 0.1) is 0 Å². The molecule has 1 aromatic carbocycles. The van der Waals surface area contributed by atoms with E-state index in [1.165, 1.54) is 0 Å². The first-order chi connectivity index (χ1) is 5.83. The van der Waals surface area contributed by atoms with Crippen LogP contribution in [-0.4, -0.2) is 13.4 Å². The Morgan fingerprint density at radius 3 is 2.92 bits per heavy atom. The second-order valence-corrected chi connectivity index (χ2v) is 2.33. The predicted octanol–water partition coefficient (Wildman–Crippen LogP) is 1.64. The highest BCUT2D eigenvalue weighted by atomic mass is 16.7. The maximum absolute atomic E-state index is 5.54. The highest BCUT2D eigenvalue weighted by Gasteiger charge is 1.92. The van der Waals surface area contributed by atoms with Crippen LogP contribution in [0.4, 0.5) is 5.69 Å². The van der Waals surface area contributed by atoms with E-state index in [1.54, 1.807) is 6.07 Å². The normalized spacial score (nSPS) is 9.75. The van der Waals surface area contributed by atoms with Crippen molar-refractivity contribution < 1.29 is 9.47 Å². The van der Waals surface area contributed by atoms with Gasteiger partial charge in [-0.1, -0.05) is 6.07 Å². The Morgan fingerprint density at radius 1 is 1.42 bits per heavy atom. The molecule has 0 saturated carbocycles. The van der Waals surface area contributed by atoms with Crippen molar-refractivity contribution in [2.24, 2.45) is 0 Å². The quantitative estimate of drug-likeness (QED) is 0.421. The minimum atomic E-state index is 0.278. The number of rotatable bonds is 4. The Morgan fingerprint density at radius 2 is 2.25 bits per heavy atom. The van der Waals surface area contributed by atoms with Crippen molar-refractivity contribution in [2.75, 3.05) is 19.1 Å². The van der Waals surface area contributed by atoms with Gasteiger partial charge in [0, 0.05) is 18.4 Å². The Labute approximate surface area is 72.1 Å². The molecule has 0 spiro atoms. The van der Waals surface area contributed by atoms with Crippen LogP contribution in [0, 0.1) is 0 Å². The van der Waals surface area contributed by atoms with Crippen LogP contribution < -0.4 is 10.5 Å². The lowest BCUT2D eigenvalue weighted by Gasteiger charge is -2.05. The summed E-state index contributed by atoms with van der Waals surface area (Å²) in [6.45, 7) is 2.85. The lowest BCUT2D eigenvalue weighted by molar-refractivity contribution is 0.0224. The first-order valence-corrected chi connectivity index (χ1v) is 3.89. The molecule has 1 rings (SSSR count). The van der Waals surface area contributed by atoms with E-state index in [9.17, 15) is 0 Å². The van der Waals surface area contributed by atoms with Crippen LogP contribution in [-0.2, 0) is 4.74 Å². The molecular formula is C9H13NO2. The van der Waals surface area contributed by atoms with Crippen molar-refractivity contribution >= 4 is 5.69 Å². The maximum atomic E-state index is 5.54. The van der Waals surface area contributed by atoms with Crippen LogP contribution in [0.25, 0.3) is 0 Å². The minimum absolute atomic E-state index is 0.278. The number of benzene rings is 1. The summed E-state index contributed by atoms with van der Waals surface area (Å²) in [7, 11) is 0. The molecule has 0 aliphatic heterocycles. The Balaban J connectivity index is 2.41. The zero-order chi connectivity index (χ0) is 8.81. The van der Waals surface area contributed by atoms with Crippen LogP contribution >= 0.6 is 0 Å². The first-order valence-electron chi connectivity index (χ1n) is 3.89. The molecule has 0 saturated heterocycles. The van der Waals surface area contributed by atoms with Gasteiger partial charge in [-0.3, -0.25) is 0 Å². The third kappa shape index (κ3) is 2.80. The fourth-order valence-electron chi connectivity index (χ4n) is 0.797. The lowest BCUT2D eigenvalue weighted by Crippen LogP contribution is -2.02. The molecule has 1 aromatic rings. The highest BCUT2D eigenvalue weighted by molar-refractivity contribution is 5.43. The van der Waals surface area contributed by atoms with E-state index in [-0.39, 0.29) is 6.79 Å². The fourth-order valence-corrected chi connectivity index (χ4v) is 0.797. The molecule has 66 valence electrons. The fraction of sp³-hybridized carbons (Fsp3) is 0.333. The van der Waals surface area contributed by atoms with Crippen LogP contribution in [0.5, 0.6) is 5.75 Å². The van der Waals surface area contributed by atoms with Gasteiger partial charge in [0.15, 0.2) is 6.79 Å². The van der Waals surface area contributed by atoms with Gasteiger partial charge >= 0.3 is 0 Å². The third-order valence-electron chi connectivity index (χ3n) is 1.37. The summed E-state index contributed by atoms with van der Waals surface area (Å²) in [5, 5.41) is 0. The first kappa shape index (κ1) is 8.87. The SMILES string of the molecule is CCOCOc1cccc(N)c1. The van der Waals surface area contributed by atoms with Gasteiger partial charge in [0.2, 0.25) is 0 Å². The van der Waals surface area contributed by atoms with E-state index in [0.29, 0.717) is 12.3 Å². The maximum Gasteiger partial charge on any atom is 0.189 e. The van der Waals surface area contributed by atoms with Crippen molar-refractivity contribution in [1.29, 1.82) is 0 Å². The van der Waals surface area contributed by atoms with E-state index in [4.69, 9.17) is 15.2 Å². The van der Waals surface area contributed by atoms with Crippen LogP contribution in [0.3, 0.4) is 0 Å². The van der Waals surface area contributed by atoms with Crippen molar-refractivity contribution in [2.45, 2.75) is 6.92 Å². The van der Waals surface area contributed by atoms with Gasteiger partial charge in [-0.05, 0) is 19.1 Å². The Bertz CT molecular complexity index is 238. The number of hydrogen-bond donors (Lipinski definition) is 1. The molecule has 0 bridgehead atoms. The van der Waals surface area contributed by atoms with Crippen LogP contribution in [0.15, 0.2) is 24.3 Å². The van der Waals surface area contributed by atoms with Crippen molar-refractivity contribution in [3.8, 4) is 5.75 Å². The summed E-state index contributed by atoms with van der Waals surface area (Å²) in [6.07, 6.45) is 0. The molecule has 2 N–H and O–H groups in total. The van der Waals surface area contributed by atoms with Gasteiger partial charge in [0.25, 0.3) is 0 Å². The highest BCUT2D eigenvalue weighted by Crippen LogP contribution is 2.13. The van der Waals surface area contributed by atoms with E-state index in [2.05, 4.69) is 0 Å². The summed E-state index contributed by atoms with van der Waals surface area (Å²) >= 11 is 0. The number of nitrogens with two attached hydrogens (primary N) is 1. The van der Waals surface area contributed by atoms with Gasteiger partial charge in [-0.25, -0.2) is 0 Å². The monoisotopic (exact) mass is 167 g/mol. The number of nitrogen functional groups attached to an aromatic ring is 1. The van der Waals surface area contributed by atoms with Gasteiger partial charge in [-0.15, -0.1) is 0 Å². The van der Waals surface area contributed by atoms with Gasteiger partial charge in [-0.2, -0.15) is 0 Å². The zero-order valence-corrected chi connectivity index (χ0v) is 7.12. The smallest absolute Gasteiger partial charge is 0.189 e. The summed E-state index contributed by atoms with van der Waals surface area (Å²) in [4.78, 5) is 0. The van der Waals surface area contributed by atoms with Crippen LogP contribution in [0.2, 0.25) is 0 Å². The van der Waals surface area contributed by atoms with Crippen molar-refractivity contribution in [3.05, 3.63) is 24.3 Å². The molecule has 0 aromatic heterocycles. The largest absolute Gasteiger partial charge is 0.467 e. The van der Waals surface area contributed by atoms with E-state index < -0.39 is 0 Å². The third-order valence-corrected chi connectivity index (χ3v) is 1.37. The molecule has 3 heteroatoms. The molecule has 0 amide bonds. The zero-order valence-electron chi connectivity index (χ0n) is 7.12. The average molecular weight is 167 g/mol. The molecule has 0 atom stereocenters. The molecule has 0 heterocycles. The average Bonchev–Trinajstić information content (AvgIpc) is 2.05. The summed E-state index contributed by atoms with van der Waals surface area (Å²) < 4.78 is 10.2. The van der Waals surface area contributed by atoms with Gasteiger partial charge in [0.1, 0.15) is 5.75 Å². The second kappa shape index (κ2) is 4.62. The molecule has 0 aliphatic carbocycles. The molecule has 3 nitrogen and oxygen atoms in total. The van der Waals surface area contributed by atoms with Crippen LogP contribution in [0.1, 0.15) is 6.92 Å². The van der Waals surface area contributed by atoms with E-state index >= 15 is 0 Å². The molecule has 0 unspecified atom stereocenters. The molecular weight excluding hydrogens is 154 g/mol. The molecule has 12 heavy (non-hydrogen) atoms. The van der Waals surface area contributed by atoms with Crippen molar-refractivity contribution in [1.82, 2.24) is 0 Å². The summed E-state index contributed by atoms with van der Waals surface area (Å²) in [6, 6.07) is 7.26. The number of hydrogen-bond acceptors (Lipinski definition) is 3. The summed E-state index contributed by atoms with van der Waals surface area (Å²) in [5.41, 5.74) is 6.24. The summed E-state index contributed by atoms with van der Waals surface area (Å²) in [5.74, 6) is 0.739. The van der Waals surface area contributed by atoms with Gasteiger partial charge < -0.3 is 15.2 Å².